The summed E-state index contributed by atoms with van der Waals surface area (Å²) in [6.45, 7) is 4.05. The number of unbranched alkanes of at least 4 members (excludes halogenated alkanes) is 1. The second-order valence-electron chi connectivity index (χ2n) is 4.63. The topological polar surface area (TPSA) is 41.5 Å². The van der Waals surface area contributed by atoms with Crippen LogP contribution in [0.4, 0.5) is 0 Å². The molecule has 1 aromatic carbocycles. The van der Waals surface area contributed by atoms with Crippen LogP contribution in [0.1, 0.15) is 42.8 Å². The number of fused-ring (bicyclic) bond motifs is 1. The Morgan fingerprint density at radius 3 is 2.85 bits per heavy atom. The molecule has 106 valence electrons. The van der Waals surface area contributed by atoms with E-state index in [-0.39, 0.29) is 5.91 Å². The molecule has 0 aliphatic rings. The molecule has 0 atom stereocenters. The van der Waals surface area contributed by atoms with Gasteiger partial charge in [0.05, 0.1) is 5.02 Å². The lowest BCUT2D eigenvalue weighted by atomic mass is 10.2. The molecule has 0 saturated heterocycles. The average molecular weight is 309 g/mol. The van der Waals surface area contributed by atoms with Crippen LogP contribution in [-0.2, 0) is 0 Å². The highest BCUT2D eigenvalue weighted by Gasteiger charge is 2.16. The first-order valence-electron chi connectivity index (χ1n) is 6.64. The number of carbonyl (C=O) groups is 1. The van der Waals surface area contributed by atoms with Gasteiger partial charge in [-0.1, -0.05) is 43.1 Å². The van der Waals surface area contributed by atoms with Crippen LogP contribution in [0.25, 0.3) is 10.1 Å². The van der Waals surface area contributed by atoms with E-state index in [9.17, 15) is 4.79 Å². The van der Waals surface area contributed by atoms with Gasteiger partial charge < -0.3 is 0 Å². The van der Waals surface area contributed by atoms with E-state index in [1.807, 2.05) is 31.2 Å². The molecule has 0 saturated carbocycles. The van der Waals surface area contributed by atoms with Gasteiger partial charge in [-0.2, -0.15) is 5.10 Å². The van der Waals surface area contributed by atoms with Crippen molar-refractivity contribution < 1.29 is 4.79 Å². The van der Waals surface area contributed by atoms with Gasteiger partial charge in [-0.15, -0.1) is 11.3 Å². The number of nitrogens with one attached hydrogen (secondary N) is 1. The summed E-state index contributed by atoms with van der Waals surface area (Å²) >= 11 is 7.64. The van der Waals surface area contributed by atoms with E-state index in [1.165, 1.54) is 11.3 Å². The van der Waals surface area contributed by atoms with Gasteiger partial charge in [0.1, 0.15) is 4.88 Å². The molecule has 2 rings (SSSR count). The molecule has 1 N–H and O–H groups in total. The van der Waals surface area contributed by atoms with Crippen molar-refractivity contribution in [2.45, 2.75) is 33.1 Å². The van der Waals surface area contributed by atoms with E-state index in [4.69, 9.17) is 11.6 Å². The highest BCUT2D eigenvalue weighted by Crippen LogP contribution is 2.34. The minimum absolute atomic E-state index is 0.243. The van der Waals surface area contributed by atoms with Gasteiger partial charge in [0, 0.05) is 15.8 Å². The monoisotopic (exact) mass is 308 g/mol. The zero-order chi connectivity index (χ0) is 14.5. The van der Waals surface area contributed by atoms with Crippen molar-refractivity contribution in [2.24, 2.45) is 5.10 Å². The van der Waals surface area contributed by atoms with Crippen LogP contribution in [0.15, 0.2) is 29.4 Å². The van der Waals surface area contributed by atoms with Gasteiger partial charge in [0.2, 0.25) is 0 Å². The molecule has 0 bridgehead atoms. The predicted octanol–water partition coefficient (Wildman–Crippen LogP) is 4.85. The van der Waals surface area contributed by atoms with E-state index in [0.29, 0.717) is 9.90 Å². The van der Waals surface area contributed by atoms with Crippen molar-refractivity contribution in [3.8, 4) is 0 Å². The van der Waals surface area contributed by atoms with Crippen LogP contribution in [0.2, 0.25) is 5.02 Å². The van der Waals surface area contributed by atoms with Gasteiger partial charge >= 0.3 is 0 Å². The summed E-state index contributed by atoms with van der Waals surface area (Å²) in [6, 6.07) is 7.72. The van der Waals surface area contributed by atoms with Crippen molar-refractivity contribution in [1.82, 2.24) is 5.43 Å². The molecule has 0 aliphatic carbocycles. The summed E-state index contributed by atoms with van der Waals surface area (Å²) in [5.41, 5.74) is 3.51. The molecular weight excluding hydrogens is 292 g/mol. The fraction of sp³-hybridized carbons (Fsp3) is 0.333. The predicted molar refractivity (Wildman–Crippen MR) is 86.9 cm³/mol. The van der Waals surface area contributed by atoms with E-state index in [1.54, 1.807) is 0 Å². The number of nitrogens with zero attached hydrogens (tertiary/aromatic N) is 1. The summed E-state index contributed by atoms with van der Waals surface area (Å²) in [5.74, 6) is -0.243. The Morgan fingerprint density at radius 1 is 1.40 bits per heavy atom. The number of amides is 1. The Bertz CT molecular complexity index is 648. The second-order valence-corrected chi connectivity index (χ2v) is 6.06. The van der Waals surface area contributed by atoms with Crippen LogP contribution in [0.5, 0.6) is 0 Å². The fourth-order valence-corrected chi connectivity index (χ4v) is 3.25. The lowest BCUT2D eigenvalue weighted by molar-refractivity contribution is 0.0959. The molecule has 1 heterocycles. The maximum absolute atomic E-state index is 12.1. The maximum Gasteiger partial charge on any atom is 0.283 e. The summed E-state index contributed by atoms with van der Waals surface area (Å²) < 4.78 is 1.01. The van der Waals surface area contributed by atoms with Crippen LogP contribution in [-0.4, -0.2) is 11.6 Å². The van der Waals surface area contributed by atoms with Crippen molar-refractivity contribution in [3.63, 3.8) is 0 Å². The van der Waals surface area contributed by atoms with Gasteiger partial charge in [0.25, 0.3) is 5.91 Å². The van der Waals surface area contributed by atoms with Crippen LogP contribution < -0.4 is 5.43 Å². The lowest BCUT2D eigenvalue weighted by Crippen LogP contribution is -2.18. The van der Waals surface area contributed by atoms with E-state index >= 15 is 0 Å². The van der Waals surface area contributed by atoms with Crippen molar-refractivity contribution in [2.75, 3.05) is 0 Å². The minimum atomic E-state index is -0.243. The maximum atomic E-state index is 12.1. The Hall–Kier alpha value is -1.39. The molecule has 0 radical (unpaired) electrons. The Kier molecular flexibility index (Phi) is 5.15. The SMILES string of the molecule is CCCCC(C)=NNC(=O)c1sc2ccccc2c1Cl. The number of carbonyl (C=O) groups excluding carboxylic acids is 1. The Balaban J connectivity index is 2.14. The summed E-state index contributed by atoms with van der Waals surface area (Å²) in [6.07, 6.45) is 3.09. The summed E-state index contributed by atoms with van der Waals surface area (Å²) in [5, 5.41) is 5.53. The van der Waals surface area contributed by atoms with Crippen molar-refractivity contribution in [1.29, 1.82) is 0 Å². The number of thiophene rings is 1. The minimum Gasteiger partial charge on any atom is -0.266 e. The molecule has 0 fully saturated rings. The Morgan fingerprint density at radius 2 is 2.15 bits per heavy atom. The fourth-order valence-electron chi connectivity index (χ4n) is 1.85. The lowest BCUT2D eigenvalue weighted by Gasteiger charge is -2.01. The zero-order valence-corrected chi connectivity index (χ0v) is 13.1. The number of rotatable bonds is 5. The third-order valence-corrected chi connectivity index (χ3v) is 4.66. The van der Waals surface area contributed by atoms with E-state index < -0.39 is 0 Å². The highest BCUT2D eigenvalue weighted by molar-refractivity contribution is 7.21. The van der Waals surface area contributed by atoms with Crippen LogP contribution >= 0.6 is 22.9 Å². The number of hydrogen-bond acceptors (Lipinski definition) is 3. The molecule has 5 heteroatoms. The van der Waals surface area contributed by atoms with Crippen LogP contribution in [0.3, 0.4) is 0 Å². The molecule has 0 aliphatic heterocycles. The highest BCUT2D eigenvalue weighted by atomic mass is 35.5. The standard InChI is InChI=1S/C15H17ClN2OS/c1-3-4-7-10(2)17-18-15(19)14-13(16)11-8-5-6-9-12(11)20-14/h5-6,8-9H,3-4,7H2,1-2H3,(H,18,19). The van der Waals surface area contributed by atoms with E-state index in [2.05, 4.69) is 17.5 Å². The van der Waals surface area contributed by atoms with Gasteiger partial charge in [-0.05, 0) is 25.8 Å². The third kappa shape index (κ3) is 3.38. The van der Waals surface area contributed by atoms with Gasteiger partial charge in [-0.3, -0.25) is 4.79 Å². The number of hydrazone groups is 1. The van der Waals surface area contributed by atoms with Crippen molar-refractivity contribution in [3.05, 3.63) is 34.2 Å². The average Bonchev–Trinajstić information content (AvgIpc) is 2.80. The molecule has 3 nitrogen and oxygen atoms in total. The van der Waals surface area contributed by atoms with Gasteiger partial charge in [-0.25, -0.2) is 5.43 Å². The molecular formula is C15H17ClN2OS. The number of halogens is 1. The molecule has 0 spiro atoms. The largest absolute Gasteiger partial charge is 0.283 e. The zero-order valence-electron chi connectivity index (χ0n) is 11.6. The van der Waals surface area contributed by atoms with E-state index in [0.717, 1.165) is 35.1 Å². The Labute approximate surface area is 127 Å². The molecule has 20 heavy (non-hydrogen) atoms. The quantitative estimate of drug-likeness (QED) is 0.622. The normalized spacial score (nSPS) is 11.8. The molecule has 0 unspecified atom stereocenters. The first kappa shape index (κ1) is 15.0. The molecule has 1 aromatic heterocycles. The second kappa shape index (κ2) is 6.86. The third-order valence-electron chi connectivity index (χ3n) is 2.98. The first-order valence-corrected chi connectivity index (χ1v) is 7.83. The molecule has 1 amide bonds. The number of hydrogen-bond donors (Lipinski definition) is 1. The summed E-state index contributed by atoms with van der Waals surface area (Å²) in [4.78, 5) is 12.6. The smallest absolute Gasteiger partial charge is 0.266 e. The molecule has 2 aromatic rings. The van der Waals surface area contributed by atoms with Gasteiger partial charge in [0.15, 0.2) is 0 Å². The van der Waals surface area contributed by atoms with Crippen molar-refractivity contribution >= 4 is 44.6 Å². The number of benzene rings is 1. The summed E-state index contributed by atoms with van der Waals surface area (Å²) in [7, 11) is 0. The van der Waals surface area contributed by atoms with Crippen LogP contribution in [0, 0.1) is 0 Å². The first-order chi connectivity index (χ1) is 9.63.